The van der Waals surface area contributed by atoms with Crippen LogP contribution in [0.3, 0.4) is 0 Å². The van der Waals surface area contributed by atoms with Crippen molar-refractivity contribution in [3.8, 4) is 5.75 Å². The Balaban J connectivity index is 3.68. The van der Waals surface area contributed by atoms with Gasteiger partial charge in [0, 0.05) is 5.56 Å². The van der Waals surface area contributed by atoms with Crippen LogP contribution in [0.4, 0.5) is 45.2 Å². The molecule has 0 bridgehead atoms. The first-order chi connectivity index (χ1) is 9.23. The monoisotopic (exact) mass is 327 g/mol. The van der Waals surface area contributed by atoms with Crippen LogP contribution in [0.25, 0.3) is 0 Å². The molecule has 3 N–H and O–H groups in total. The zero-order chi connectivity index (χ0) is 16.8. The maximum Gasteiger partial charge on any atom is 0.432 e. The molecule has 0 radical (unpaired) electrons. The van der Waals surface area contributed by atoms with E-state index in [4.69, 9.17) is 10.8 Å². The fourth-order valence-electron chi connectivity index (χ4n) is 1.50. The van der Waals surface area contributed by atoms with E-state index in [9.17, 15) is 39.5 Å². The number of phenols is 1. The number of hydrogen-bond donors (Lipinski definition) is 2. The number of alkyl halides is 9. The Hall–Kier alpha value is -1.81. The van der Waals surface area contributed by atoms with Crippen LogP contribution >= 0.6 is 0 Å². The number of rotatable bonds is 2. The minimum absolute atomic E-state index is 0.121. The third-order valence-corrected chi connectivity index (χ3v) is 2.58. The summed E-state index contributed by atoms with van der Waals surface area (Å²) in [6.45, 7) is 0. The van der Waals surface area contributed by atoms with Crippen LogP contribution in [-0.2, 0) is 11.8 Å². The second-order valence-electron chi connectivity index (χ2n) is 3.97. The van der Waals surface area contributed by atoms with Crippen molar-refractivity contribution in [2.75, 3.05) is 5.73 Å². The molecule has 0 aliphatic carbocycles. The second kappa shape index (κ2) is 4.88. The molecule has 1 unspecified atom stereocenters. The van der Waals surface area contributed by atoms with E-state index in [0.717, 1.165) is 0 Å². The van der Waals surface area contributed by atoms with Crippen molar-refractivity contribution >= 4 is 5.69 Å². The number of anilines is 1. The fraction of sp³-hybridized carbons (Fsp3) is 0.400. The van der Waals surface area contributed by atoms with E-state index >= 15 is 0 Å². The second-order valence-corrected chi connectivity index (χ2v) is 3.97. The van der Waals surface area contributed by atoms with Crippen molar-refractivity contribution in [1.82, 2.24) is 0 Å². The molecule has 0 aliphatic rings. The standard InChI is InChI=1S/C10H6F9NO/c11-7(12)8(13,10(17,18)19)3-1-4(9(14,15)16)6(21)5(20)2-3/h1-2,7,21H,20H2. The highest BCUT2D eigenvalue weighted by atomic mass is 19.4. The van der Waals surface area contributed by atoms with E-state index in [-0.39, 0.29) is 6.07 Å². The first kappa shape index (κ1) is 17.2. The van der Waals surface area contributed by atoms with Gasteiger partial charge in [0.2, 0.25) is 0 Å². The maximum atomic E-state index is 13.7. The van der Waals surface area contributed by atoms with Gasteiger partial charge in [-0.1, -0.05) is 0 Å². The number of aromatic hydroxyl groups is 1. The molecule has 0 fully saturated rings. The lowest BCUT2D eigenvalue weighted by molar-refractivity contribution is -0.274. The molecule has 0 aliphatic heterocycles. The van der Waals surface area contributed by atoms with E-state index in [1.54, 1.807) is 0 Å². The number of nitrogens with two attached hydrogens (primary N) is 1. The molecule has 0 saturated heterocycles. The molecule has 120 valence electrons. The van der Waals surface area contributed by atoms with E-state index in [2.05, 4.69) is 0 Å². The summed E-state index contributed by atoms with van der Waals surface area (Å²) in [5.74, 6) is -1.68. The van der Waals surface area contributed by atoms with E-state index in [1.165, 1.54) is 0 Å². The molecule has 0 saturated carbocycles. The highest BCUT2D eigenvalue weighted by Crippen LogP contribution is 2.50. The van der Waals surface area contributed by atoms with Gasteiger partial charge in [0.15, 0.2) is 5.75 Å². The third kappa shape index (κ3) is 2.81. The zero-order valence-corrected chi connectivity index (χ0v) is 9.66. The first-order valence-electron chi connectivity index (χ1n) is 4.96. The lowest BCUT2D eigenvalue weighted by Crippen LogP contribution is -2.44. The first-order valence-corrected chi connectivity index (χ1v) is 4.96. The lowest BCUT2D eigenvalue weighted by Gasteiger charge is -2.28. The number of phenolic OH excluding ortho intramolecular Hbond substituents is 1. The summed E-state index contributed by atoms with van der Waals surface area (Å²) in [4.78, 5) is 0. The smallest absolute Gasteiger partial charge is 0.432 e. The van der Waals surface area contributed by atoms with Crippen LogP contribution in [0.5, 0.6) is 5.75 Å². The summed E-state index contributed by atoms with van der Waals surface area (Å²) < 4.78 is 113. The predicted molar refractivity (Wildman–Crippen MR) is 52.4 cm³/mol. The minimum atomic E-state index is -6.19. The highest BCUT2D eigenvalue weighted by molar-refractivity contribution is 5.60. The molecule has 0 spiro atoms. The Kier molecular flexibility index (Phi) is 4.01. The minimum Gasteiger partial charge on any atom is -0.505 e. The number of nitrogen functional groups attached to an aromatic ring is 1. The third-order valence-electron chi connectivity index (χ3n) is 2.58. The van der Waals surface area contributed by atoms with Crippen LogP contribution in [0.1, 0.15) is 11.1 Å². The van der Waals surface area contributed by atoms with E-state index in [1.807, 2.05) is 0 Å². The summed E-state index contributed by atoms with van der Waals surface area (Å²) in [5.41, 5.74) is -6.03. The average Bonchev–Trinajstić information content (AvgIpc) is 2.27. The molecule has 11 heteroatoms. The zero-order valence-electron chi connectivity index (χ0n) is 9.66. The van der Waals surface area contributed by atoms with Crippen LogP contribution in [0, 0.1) is 0 Å². The summed E-state index contributed by atoms with van der Waals surface area (Å²) in [7, 11) is 0. The van der Waals surface area contributed by atoms with Gasteiger partial charge in [0.05, 0.1) is 11.3 Å². The summed E-state index contributed by atoms with van der Waals surface area (Å²) in [5, 5.41) is 9.03. The molecule has 1 rings (SSSR count). The Morgan fingerprint density at radius 1 is 0.952 bits per heavy atom. The Bertz CT molecular complexity index is 537. The largest absolute Gasteiger partial charge is 0.505 e. The molecule has 0 aromatic heterocycles. The van der Waals surface area contributed by atoms with Crippen LogP contribution in [-0.4, -0.2) is 17.7 Å². The van der Waals surface area contributed by atoms with E-state index in [0.29, 0.717) is 0 Å². The van der Waals surface area contributed by atoms with Crippen LogP contribution in [0.2, 0.25) is 0 Å². The molecule has 0 amide bonds. The van der Waals surface area contributed by atoms with Gasteiger partial charge in [-0.05, 0) is 12.1 Å². The highest BCUT2D eigenvalue weighted by Gasteiger charge is 2.64. The number of hydrogen-bond acceptors (Lipinski definition) is 2. The van der Waals surface area contributed by atoms with Crippen molar-refractivity contribution in [2.24, 2.45) is 0 Å². The van der Waals surface area contributed by atoms with Crippen molar-refractivity contribution in [3.63, 3.8) is 0 Å². The van der Waals surface area contributed by atoms with Crippen LogP contribution < -0.4 is 5.73 Å². The SMILES string of the molecule is Nc1cc(C(F)(C(F)F)C(F)(F)F)cc(C(F)(F)F)c1O. The van der Waals surface area contributed by atoms with Crippen molar-refractivity contribution in [3.05, 3.63) is 23.3 Å². The average molecular weight is 327 g/mol. The summed E-state index contributed by atoms with van der Waals surface area (Å²) in [6.07, 6.45) is -16.3. The predicted octanol–water partition coefficient (Wildman–Crippen LogP) is 3.99. The van der Waals surface area contributed by atoms with Gasteiger partial charge in [0.1, 0.15) is 0 Å². The van der Waals surface area contributed by atoms with Gasteiger partial charge < -0.3 is 10.8 Å². The van der Waals surface area contributed by atoms with Crippen molar-refractivity contribution in [2.45, 2.75) is 24.4 Å². The number of halogens is 9. The van der Waals surface area contributed by atoms with Gasteiger partial charge in [-0.15, -0.1) is 0 Å². The Morgan fingerprint density at radius 3 is 1.76 bits per heavy atom. The van der Waals surface area contributed by atoms with Gasteiger partial charge in [-0.25, -0.2) is 13.2 Å². The topological polar surface area (TPSA) is 46.2 Å². The van der Waals surface area contributed by atoms with E-state index < -0.39 is 53.1 Å². The molecule has 0 heterocycles. The molecular weight excluding hydrogens is 321 g/mol. The van der Waals surface area contributed by atoms with Crippen molar-refractivity contribution in [1.29, 1.82) is 0 Å². The lowest BCUT2D eigenvalue weighted by atomic mass is 9.92. The fourth-order valence-corrected chi connectivity index (χ4v) is 1.50. The van der Waals surface area contributed by atoms with Gasteiger partial charge in [-0.3, -0.25) is 0 Å². The maximum absolute atomic E-state index is 13.7. The quantitative estimate of drug-likeness (QED) is 0.490. The Labute approximate surface area is 111 Å². The molecule has 1 aromatic carbocycles. The van der Waals surface area contributed by atoms with Gasteiger partial charge in [-0.2, -0.15) is 26.3 Å². The molecular formula is C10H6F9NO. The number of benzene rings is 1. The summed E-state index contributed by atoms with van der Waals surface area (Å²) >= 11 is 0. The molecule has 1 aromatic rings. The molecule has 21 heavy (non-hydrogen) atoms. The molecule has 1 atom stereocenters. The Morgan fingerprint density at radius 2 is 1.43 bits per heavy atom. The van der Waals surface area contributed by atoms with Crippen molar-refractivity contribution < 1.29 is 44.6 Å². The molecule has 2 nitrogen and oxygen atoms in total. The summed E-state index contributed by atoms with van der Waals surface area (Å²) in [6, 6.07) is -0.671. The van der Waals surface area contributed by atoms with Crippen LogP contribution in [0.15, 0.2) is 12.1 Å². The van der Waals surface area contributed by atoms with Gasteiger partial charge in [0.25, 0.3) is 12.1 Å². The normalized spacial score (nSPS) is 16.1. The van der Waals surface area contributed by atoms with Gasteiger partial charge >= 0.3 is 12.4 Å².